The molecule has 18 heavy (non-hydrogen) atoms. The van der Waals surface area contributed by atoms with E-state index in [9.17, 15) is 8.42 Å². The highest BCUT2D eigenvalue weighted by molar-refractivity contribution is 7.89. The number of hydrogen-bond acceptors (Lipinski definition) is 4. The van der Waals surface area contributed by atoms with Gasteiger partial charge in [0.15, 0.2) is 0 Å². The summed E-state index contributed by atoms with van der Waals surface area (Å²) >= 11 is 0. The Bertz CT molecular complexity index is 493. The van der Waals surface area contributed by atoms with Gasteiger partial charge in [-0.15, -0.1) is 0 Å². The molecule has 0 heterocycles. The SMILES string of the molecule is CNS(=O)(=O)c1ccc(NC2CC(OC)C2)cc1. The Hall–Kier alpha value is -1.11. The second-order valence-corrected chi connectivity index (χ2v) is 6.29. The molecule has 0 aliphatic heterocycles. The Morgan fingerprint density at radius 1 is 1.22 bits per heavy atom. The van der Waals surface area contributed by atoms with Crippen molar-refractivity contribution < 1.29 is 13.2 Å². The highest BCUT2D eigenvalue weighted by atomic mass is 32.2. The summed E-state index contributed by atoms with van der Waals surface area (Å²) in [5, 5.41) is 3.34. The molecule has 1 aromatic carbocycles. The average molecular weight is 270 g/mol. The van der Waals surface area contributed by atoms with Crippen LogP contribution in [0.25, 0.3) is 0 Å². The molecular weight excluding hydrogens is 252 g/mol. The molecule has 0 unspecified atom stereocenters. The maximum absolute atomic E-state index is 11.5. The van der Waals surface area contributed by atoms with Crippen LogP contribution in [0.1, 0.15) is 12.8 Å². The van der Waals surface area contributed by atoms with E-state index in [4.69, 9.17) is 4.74 Å². The highest BCUT2D eigenvalue weighted by Gasteiger charge is 2.28. The quantitative estimate of drug-likeness (QED) is 0.843. The van der Waals surface area contributed by atoms with Crippen molar-refractivity contribution in [2.75, 3.05) is 19.5 Å². The van der Waals surface area contributed by atoms with E-state index in [-0.39, 0.29) is 4.90 Å². The smallest absolute Gasteiger partial charge is 0.240 e. The molecule has 2 N–H and O–H groups in total. The molecule has 0 amide bonds. The van der Waals surface area contributed by atoms with E-state index in [2.05, 4.69) is 10.0 Å². The van der Waals surface area contributed by atoms with Crippen LogP contribution in [0.5, 0.6) is 0 Å². The molecule has 1 aromatic rings. The first-order valence-electron chi connectivity index (χ1n) is 5.88. The van der Waals surface area contributed by atoms with Crippen LogP contribution in [0.15, 0.2) is 29.2 Å². The van der Waals surface area contributed by atoms with Gasteiger partial charge in [-0.3, -0.25) is 0 Å². The number of methoxy groups -OCH3 is 1. The van der Waals surface area contributed by atoms with E-state index in [0.717, 1.165) is 18.5 Å². The lowest BCUT2D eigenvalue weighted by Gasteiger charge is -2.35. The van der Waals surface area contributed by atoms with E-state index in [1.165, 1.54) is 7.05 Å². The van der Waals surface area contributed by atoms with E-state index >= 15 is 0 Å². The Kier molecular flexibility index (Phi) is 3.89. The van der Waals surface area contributed by atoms with E-state index in [1.807, 2.05) is 0 Å². The number of hydrogen-bond donors (Lipinski definition) is 2. The molecule has 0 bridgehead atoms. The predicted octanol–water partition coefficient (Wildman–Crippen LogP) is 1.18. The van der Waals surface area contributed by atoms with Gasteiger partial charge < -0.3 is 10.1 Å². The number of rotatable bonds is 5. The first-order valence-corrected chi connectivity index (χ1v) is 7.36. The van der Waals surface area contributed by atoms with Crippen molar-refractivity contribution in [1.29, 1.82) is 0 Å². The van der Waals surface area contributed by atoms with Crippen molar-refractivity contribution in [3.8, 4) is 0 Å². The number of sulfonamides is 1. The first kappa shape index (κ1) is 13.3. The van der Waals surface area contributed by atoms with E-state index in [0.29, 0.717) is 12.1 Å². The molecule has 5 nitrogen and oxygen atoms in total. The van der Waals surface area contributed by atoms with Crippen molar-refractivity contribution in [3.63, 3.8) is 0 Å². The van der Waals surface area contributed by atoms with Gasteiger partial charge in [-0.25, -0.2) is 13.1 Å². The third kappa shape index (κ3) is 2.82. The number of benzene rings is 1. The van der Waals surface area contributed by atoms with Gasteiger partial charge in [0, 0.05) is 18.8 Å². The monoisotopic (exact) mass is 270 g/mol. The predicted molar refractivity (Wildman–Crippen MR) is 70.1 cm³/mol. The molecule has 6 heteroatoms. The third-order valence-corrected chi connectivity index (χ3v) is 4.66. The molecule has 1 aliphatic rings. The number of anilines is 1. The van der Waals surface area contributed by atoms with Crippen LogP contribution in [0.2, 0.25) is 0 Å². The van der Waals surface area contributed by atoms with Gasteiger partial charge in [0.2, 0.25) is 10.0 Å². The molecule has 2 rings (SSSR count). The van der Waals surface area contributed by atoms with Crippen LogP contribution < -0.4 is 10.0 Å². The Morgan fingerprint density at radius 3 is 2.33 bits per heavy atom. The molecule has 1 saturated carbocycles. The lowest BCUT2D eigenvalue weighted by atomic mass is 9.89. The molecule has 0 saturated heterocycles. The standard InChI is InChI=1S/C12H18N2O3S/c1-13-18(15,16)12-5-3-9(4-6-12)14-10-7-11(8-10)17-2/h3-6,10-11,13-14H,7-8H2,1-2H3. The van der Waals surface area contributed by atoms with Gasteiger partial charge >= 0.3 is 0 Å². The van der Waals surface area contributed by atoms with Gasteiger partial charge in [-0.2, -0.15) is 0 Å². The molecule has 0 radical (unpaired) electrons. The van der Waals surface area contributed by atoms with Crippen molar-refractivity contribution in [2.45, 2.75) is 29.9 Å². The minimum atomic E-state index is -3.35. The van der Waals surface area contributed by atoms with Crippen LogP contribution in [0.4, 0.5) is 5.69 Å². The summed E-state index contributed by atoms with van der Waals surface area (Å²) in [4.78, 5) is 0.277. The second-order valence-electron chi connectivity index (χ2n) is 4.40. The Labute approximate surface area is 108 Å². The summed E-state index contributed by atoms with van der Waals surface area (Å²) in [5.74, 6) is 0. The van der Waals surface area contributed by atoms with Crippen molar-refractivity contribution >= 4 is 15.7 Å². The molecule has 0 aromatic heterocycles. The highest BCUT2D eigenvalue weighted by Crippen LogP contribution is 2.26. The molecule has 0 spiro atoms. The zero-order chi connectivity index (χ0) is 13.2. The number of nitrogens with one attached hydrogen (secondary N) is 2. The minimum absolute atomic E-state index is 0.277. The zero-order valence-electron chi connectivity index (χ0n) is 10.5. The lowest BCUT2D eigenvalue weighted by Crippen LogP contribution is -2.40. The van der Waals surface area contributed by atoms with Gasteiger partial charge in [0.1, 0.15) is 0 Å². The summed E-state index contributed by atoms with van der Waals surface area (Å²) in [5.41, 5.74) is 0.935. The largest absolute Gasteiger partial charge is 0.382 e. The molecular formula is C12H18N2O3S. The van der Waals surface area contributed by atoms with Crippen molar-refractivity contribution in [1.82, 2.24) is 4.72 Å². The van der Waals surface area contributed by atoms with Crippen LogP contribution in [-0.4, -0.2) is 34.7 Å². The Morgan fingerprint density at radius 2 is 1.83 bits per heavy atom. The molecule has 0 atom stereocenters. The molecule has 1 fully saturated rings. The fraction of sp³-hybridized carbons (Fsp3) is 0.500. The fourth-order valence-electron chi connectivity index (χ4n) is 1.96. The summed E-state index contributed by atoms with van der Waals surface area (Å²) in [6, 6.07) is 7.18. The topological polar surface area (TPSA) is 67.4 Å². The lowest BCUT2D eigenvalue weighted by molar-refractivity contribution is 0.0329. The summed E-state index contributed by atoms with van der Waals surface area (Å²) in [6.07, 6.45) is 2.34. The van der Waals surface area contributed by atoms with Gasteiger partial charge in [0.25, 0.3) is 0 Å². The molecule has 100 valence electrons. The van der Waals surface area contributed by atoms with E-state index < -0.39 is 10.0 Å². The second kappa shape index (κ2) is 5.26. The average Bonchev–Trinajstić information content (AvgIpc) is 2.34. The molecule has 1 aliphatic carbocycles. The summed E-state index contributed by atoms with van der Waals surface area (Å²) < 4.78 is 30.6. The Balaban J connectivity index is 1.97. The van der Waals surface area contributed by atoms with Gasteiger partial charge in [-0.05, 0) is 44.2 Å². The van der Waals surface area contributed by atoms with Crippen LogP contribution in [0.3, 0.4) is 0 Å². The fourth-order valence-corrected chi connectivity index (χ4v) is 2.69. The van der Waals surface area contributed by atoms with E-state index in [1.54, 1.807) is 31.4 Å². The normalized spacial score (nSPS) is 23.4. The third-order valence-electron chi connectivity index (χ3n) is 3.23. The summed E-state index contributed by atoms with van der Waals surface area (Å²) in [6.45, 7) is 0. The zero-order valence-corrected chi connectivity index (χ0v) is 11.3. The summed E-state index contributed by atoms with van der Waals surface area (Å²) in [7, 11) is -0.221. The minimum Gasteiger partial charge on any atom is -0.382 e. The van der Waals surface area contributed by atoms with Crippen LogP contribution in [0, 0.1) is 0 Å². The van der Waals surface area contributed by atoms with Crippen LogP contribution >= 0.6 is 0 Å². The number of ether oxygens (including phenoxy) is 1. The van der Waals surface area contributed by atoms with Crippen LogP contribution in [-0.2, 0) is 14.8 Å². The maximum atomic E-state index is 11.5. The maximum Gasteiger partial charge on any atom is 0.240 e. The van der Waals surface area contributed by atoms with Gasteiger partial charge in [-0.1, -0.05) is 0 Å². The van der Waals surface area contributed by atoms with Crippen molar-refractivity contribution in [3.05, 3.63) is 24.3 Å². The van der Waals surface area contributed by atoms with Gasteiger partial charge in [0.05, 0.1) is 11.0 Å². The van der Waals surface area contributed by atoms with Crippen molar-refractivity contribution in [2.24, 2.45) is 0 Å². The first-order chi connectivity index (χ1) is 8.55.